The van der Waals surface area contributed by atoms with Gasteiger partial charge in [-0.25, -0.2) is 0 Å². The number of piperidine rings is 1. The van der Waals surface area contributed by atoms with E-state index >= 15 is 0 Å². The van der Waals surface area contributed by atoms with E-state index in [4.69, 9.17) is 21.1 Å². The third kappa shape index (κ3) is 4.29. The Kier molecular flexibility index (Phi) is 7.22. The van der Waals surface area contributed by atoms with Gasteiger partial charge in [-0.1, -0.05) is 36.4 Å². The fourth-order valence-corrected chi connectivity index (χ4v) is 4.38. The van der Waals surface area contributed by atoms with E-state index in [0.29, 0.717) is 17.4 Å². The first kappa shape index (κ1) is 21.0. The van der Waals surface area contributed by atoms with Gasteiger partial charge in [-0.2, -0.15) is 0 Å². The van der Waals surface area contributed by atoms with Crippen LogP contribution in [0.15, 0.2) is 48.5 Å². The topological polar surface area (TPSA) is 41.9 Å². The smallest absolute Gasteiger partial charge is 0.161 e. The van der Waals surface area contributed by atoms with Crippen LogP contribution in [0.5, 0.6) is 11.5 Å². The number of hydrogen-bond donors (Lipinski definition) is 1. The van der Waals surface area contributed by atoms with E-state index in [-0.39, 0.29) is 5.92 Å². The molecular formula is C23H30ClNO3. The van der Waals surface area contributed by atoms with E-state index in [2.05, 4.69) is 4.90 Å². The maximum absolute atomic E-state index is 12.1. The third-order valence-electron chi connectivity index (χ3n) is 5.82. The van der Waals surface area contributed by atoms with E-state index in [9.17, 15) is 5.11 Å². The highest BCUT2D eigenvalue weighted by Gasteiger charge is 2.42. The third-order valence-corrected chi connectivity index (χ3v) is 6.09. The summed E-state index contributed by atoms with van der Waals surface area (Å²) in [5.41, 5.74) is 0.691. The van der Waals surface area contributed by atoms with Crippen LogP contribution in [-0.4, -0.2) is 49.7 Å². The predicted molar refractivity (Wildman–Crippen MR) is 113 cm³/mol. The first-order valence-corrected chi connectivity index (χ1v) is 10.5. The summed E-state index contributed by atoms with van der Waals surface area (Å²) < 4.78 is 10.9. The van der Waals surface area contributed by atoms with Crippen molar-refractivity contribution in [1.29, 1.82) is 0 Å². The van der Waals surface area contributed by atoms with Gasteiger partial charge in [0, 0.05) is 5.88 Å². The quantitative estimate of drug-likeness (QED) is 0.668. The van der Waals surface area contributed by atoms with Gasteiger partial charge in [-0.15, -0.1) is 11.6 Å². The fraction of sp³-hybridized carbons (Fsp3) is 0.478. The molecule has 1 N–H and O–H groups in total. The fourth-order valence-electron chi connectivity index (χ4n) is 4.26. The van der Waals surface area contributed by atoms with Crippen LogP contribution in [-0.2, 0) is 5.60 Å². The van der Waals surface area contributed by atoms with Crippen molar-refractivity contribution in [1.82, 2.24) is 4.90 Å². The number of methoxy groups -OCH3 is 2. The molecule has 1 fully saturated rings. The normalized spacial score (nSPS) is 17.9. The molecule has 4 nitrogen and oxygen atoms in total. The van der Waals surface area contributed by atoms with Gasteiger partial charge in [0.2, 0.25) is 0 Å². The number of ether oxygens (including phenoxy) is 2. The SMILES string of the molecule is COc1ccc(C(O)(c2ccccc2)C2CCN(CCCCl)CC2)cc1OC. The monoisotopic (exact) mass is 403 g/mol. The summed E-state index contributed by atoms with van der Waals surface area (Å²) in [4.78, 5) is 2.44. The molecule has 3 rings (SSSR count). The number of halogens is 1. The summed E-state index contributed by atoms with van der Waals surface area (Å²) in [5.74, 6) is 2.12. The van der Waals surface area contributed by atoms with Crippen LogP contribution < -0.4 is 9.47 Å². The minimum absolute atomic E-state index is 0.125. The van der Waals surface area contributed by atoms with Crippen molar-refractivity contribution in [2.24, 2.45) is 5.92 Å². The number of alkyl halides is 1. The molecule has 0 aromatic heterocycles. The van der Waals surface area contributed by atoms with Crippen LogP contribution in [0.2, 0.25) is 0 Å². The summed E-state index contributed by atoms with van der Waals surface area (Å²) in [5, 5.41) is 12.1. The number of benzene rings is 2. The molecule has 1 saturated heterocycles. The maximum atomic E-state index is 12.1. The molecule has 1 aliphatic heterocycles. The molecule has 1 heterocycles. The lowest BCUT2D eigenvalue weighted by atomic mass is 9.72. The Labute approximate surface area is 173 Å². The number of rotatable bonds is 8. The first-order chi connectivity index (χ1) is 13.6. The maximum Gasteiger partial charge on any atom is 0.161 e. The zero-order chi connectivity index (χ0) is 20.0. The average Bonchev–Trinajstić information content (AvgIpc) is 2.77. The molecule has 1 unspecified atom stereocenters. The Morgan fingerprint density at radius 3 is 2.29 bits per heavy atom. The molecule has 0 amide bonds. The molecule has 0 radical (unpaired) electrons. The molecule has 2 aromatic rings. The Morgan fingerprint density at radius 1 is 1.00 bits per heavy atom. The van der Waals surface area contributed by atoms with Crippen molar-refractivity contribution >= 4 is 11.6 Å². The molecule has 5 heteroatoms. The van der Waals surface area contributed by atoms with E-state index in [1.54, 1.807) is 14.2 Å². The van der Waals surface area contributed by atoms with Gasteiger partial charge < -0.3 is 19.5 Å². The summed E-state index contributed by atoms with van der Waals surface area (Å²) in [7, 11) is 3.25. The summed E-state index contributed by atoms with van der Waals surface area (Å²) >= 11 is 5.85. The van der Waals surface area contributed by atoms with Crippen LogP contribution in [0.1, 0.15) is 30.4 Å². The summed E-state index contributed by atoms with van der Waals surface area (Å²) in [6, 6.07) is 15.7. The molecular weight excluding hydrogens is 374 g/mol. The molecule has 1 atom stereocenters. The molecule has 1 aliphatic rings. The number of hydrogen-bond acceptors (Lipinski definition) is 4. The first-order valence-electron chi connectivity index (χ1n) is 9.92. The largest absolute Gasteiger partial charge is 0.493 e. The number of aliphatic hydroxyl groups is 1. The van der Waals surface area contributed by atoms with Gasteiger partial charge in [0.1, 0.15) is 5.60 Å². The zero-order valence-corrected chi connectivity index (χ0v) is 17.5. The van der Waals surface area contributed by atoms with Gasteiger partial charge in [0.15, 0.2) is 11.5 Å². The summed E-state index contributed by atoms with van der Waals surface area (Å²) in [6.45, 7) is 2.98. The lowest BCUT2D eigenvalue weighted by Gasteiger charge is -2.42. The Morgan fingerprint density at radius 2 is 1.68 bits per heavy atom. The Bertz CT molecular complexity index is 747. The van der Waals surface area contributed by atoms with Crippen molar-refractivity contribution in [2.45, 2.75) is 24.9 Å². The van der Waals surface area contributed by atoms with Crippen LogP contribution in [0.25, 0.3) is 0 Å². The van der Waals surface area contributed by atoms with Crippen LogP contribution in [0, 0.1) is 5.92 Å². The standard InChI is InChI=1S/C23H30ClNO3/c1-27-21-10-9-20(17-22(21)28-2)23(26,18-7-4-3-5-8-18)19-11-15-25(16-12-19)14-6-13-24/h3-5,7-10,17,19,26H,6,11-16H2,1-2H3. The van der Waals surface area contributed by atoms with Crippen LogP contribution in [0.3, 0.4) is 0 Å². The number of nitrogens with zero attached hydrogens (tertiary/aromatic N) is 1. The number of likely N-dealkylation sites (tertiary alicyclic amines) is 1. The van der Waals surface area contributed by atoms with Gasteiger partial charge in [-0.05, 0) is 68.1 Å². The van der Waals surface area contributed by atoms with E-state index in [1.165, 1.54) is 0 Å². The second-order valence-electron chi connectivity index (χ2n) is 7.36. The highest BCUT2D eigenvalue weighted by Crippen LogP contribution is 2.44. The average molecular weight is 404 g/mol. The Hall–Kier alpha value is -1.75. The van der Waals surface area contributed by atoms with E-state index in [0.717, 1.165) is 50.0 Å². The lowest BCUT2D eigenvalue weighted by molar-refractivity contribution is -0.0142. The molecule has 0 saturated carbocycles. The zero-order valence-electron chi connectivity index (χ0n) is 16.7. The minimum Gasteiger partial charge on any atom is -0.493 e. The van der Waals surface area contributed by atoms with Gasteiger partial charge in [0.25, 0.3) is 0 Å². The van der Waals surface area contributed by atoms with Crippen molar-refractivity contribution < 1.29 is 14.6 Å². The van der Waals surface area contributed by atoms with Crippen LogP contribution in [0.4, 0.5) is 0 Å². The molecule has 0 bridgehead atoms. The highest BCUT2D eigenvalue weighted by atomic mass is 35.5. The van der Waals surface area contributed by atoms with Crippen molar-refractivity contribution in [3.05, 3.63) is 59.7 Å². The second kappa shape index (κ2) is 9.64. The molecule has 28 heavy (non-hydrogen) atoms. The second-order valence-corrected chi connectivity index (χ2v) is 7.74. The van der Waals surface area contributed by atoms with Crippen molar-refractivity contribution in [3.8, 4) is 11.5 Å². The molecule has 152 valence electrons. The van der Waals surface area contributed by atoms with E-state index < -0.39 is 5.60 Å². The summed E-state index contributed by atoms with van der Waals surface area (Å²) in [6.07, 6.45) is 2.87. The van der Waals surface area contributed by atoms with Gasteiger partial charge in [-0.3, -0.25) is 0 Å². The van der Waals surface area contributed by atoms with Crippen LogP contribution >= 0.6 is 11.6 Å². The molecule has 2 aromatic carbocycles. The minimum atomic E-state index is -1.07. The lowest BCUT2D eigenvalue weighted by Crippen LogP contribution is -2.44. The van der Waals surface area contributed by atoms with E-state index in [1.807, 2.05) is 48.5 Å². The van der Waals surface area contributed by atoms with Crippen molar-refractivity contribution in [2.75, 3.05) is 39.7 Å². The van der Waals surface area contributed by atoms with Gasteiger partial charge in [0.05, 0.1) is 14.2 Å². The van der Waals surface area contributed by atoms with Crippen molar-refractivity contribution in [3.63, 3.8) is 0 Å². The predicted octanol–water partition coefficient (Wildman–Crippen LogP) is 4.28. The highest BCUT2D eigenvalue weighted by molar-refractivity contribution is 6.17. The molecule has 0 aliphatic carbocycles. The van der Waals surface area contributed by atoms with Gasteiger partial charge >= 0.3 is 0 Å². The molecule has 0 spiro atoms. The Balaban J connectivity index is 1.94.